The Morgan fingerprint density at radius 2 is 1.77 bits per heavy atom. The first-order valence-electron chi connectivity index (χ1n) is 10.1. The Morgan fingerprint density at radius 1 is 0.871 bits per heavy atom. The second-order valence-electron chi connectivity index (χ2n) is 7.77. The molecule has 0 saturated heterocycles. The molecule has 3 aromatic heterocycles. The van der Waals surface area contributed by atoms with E-state index in [2.05, 4.69) is 75.9 Å². The van der Waals surface area contributed by atoms with Crippen molar-refractivity contribution in [1.82, 2.24) is 35.0 Å². The highest BCUT2D eigenvalue weighted by Gasteiger charge is 2.15. The third kappa shape index (κ3) is 2.82. The Morgan fingerprint density at radius 3 is 2.68 bits per heavy atom. The van der Waals surface area contributed by atoms with E-state index in [4.69, 9.17) is 0 Å². The molecule has 6 aromatic rings. The fourth-order valence-corrected chi connectivity index (χ4v) is 4.07. The average Bonchev–Trinajstić information content (AvgIpc) is 3.51. The van der Waals surface area contributed by atoms with Crippen molar-refractivity contribution in [2.24, 2.45) is 0 Å². The minimum atomic E-state index is 0.854. The number of H-pyrrole nitrogens is 1. The van der Waals surface area contributed by atoms with Gasteiger partial charge in [0.15, 0.2) is 0 Å². The molecule has 0 aliphatic heterocycles. The lowest BCUT2D eigenvalue weighted by Crippen LogP contribution is -2.01. The van der Waals surface area contributed by atoms with Crippen molar-refractivity contribution in [2.75, 3.05) is 0 Å². The summed E-state index contributed by atoms with van der Waals surface area (Å²) in [6.45, 7) is 4.18. The molecule has 0 saturated carbocycles. The van der Waals surface area contributed by atoms with E-state index in [1.165, 1.54) is 5.56 Å². The minimum absolute atomic E-state index is 0.854. The lowest BCUT2D eigenvalue weighted by atomic mass is 10.0. The monoisotopic (exact) mass is 405 g/mol. The van der Waals surface area contributed by atoms with Gasteiger partial charge in [0.2, 0.25) is 0 Å². The van der Waals surface area contributed by atoms with E-state index in [1.807, 2.05) is 46.0 Å². The molecule has 0 aliphatic rings. The van der Waals surface area contributed by atoms with Crippen LogP contribution in [0, 0.1) is 13.8 Å². The smallest absolute Gasteiger partial charge is 0.113 e. The maximum atomic E-state index is 4.59. The molecule has 31 heavy (non-hydrogen) atoms. The molecule has 0 spiro atoms. The van der Waals surface area contributed by atoms with E-state index in [1.54, 1.807) is 0 Å². The summed E-state index contributed by atoms with van der Waals surface area (Å²) in [4.78, 5) is 0. The Kier molecular flexibility index (Phi) is 3.76. The minimum Gasteiger partial charge on any atom is -0.278 e. The van der Waals surface area contributed by atoms with Gasteiger partial charge in [0, 0.05) is 10.9 Å². The van der Waals surface area contributed by atoms with Crippen LogP contribution in [-0.4, -0.2) is 35.0 Å². The van der Waals surface area contributed by atoms with Crippen molar-refractivity contribution in [3.63, 3.8) is 0 Å². The summed E-state index contributed by atoms with van der Waals surface area (Å²) >= 11 is 0. The summed E-state index contributed by atoms with van der Waals surface area (Å²) < 4.78 is 3.85. The highest BCUT2D eigenvalue weighted by atomic mass is 15.4. The zero-order valence-electron chi connectivity index (χ0n) is 17.1. The first-order chi connectivity index (χ1) is 15.2. The summed E-state index contributed by atoms with van der Waals surface area (Å²) in [5.74, 6) is 0. The van der Waals surface area contributed by atoms with Gasteiger partial charge in [0.05, 0.1) is 40.5 Å². The molecule has 3 heterocycles. The van der Waals surface area contributed by atoms with Crippen LogP contribution in [0.4, 0.5) is 0 Å². The molecule has 6 rings (SSSR count). The van der Waals surface area contributed by atoms with Crippen LogP contribution in [0.25, 0.3) is 44.6 Å². The standard InChI is InChI=1S/C24H19N7/c1-15-4-3-5-18(10-15)30-23(8-9-26-30)20-13-24-22(11-16(20)2)28-29-31(24)19-7-6-17-14-25-27-21(17)12-19/h3-14H,1-2H3,(H,25,27). The van der Waals surface area contributed by atoms with Gasteiger partial charge in [-0.05, 0) is 73.5 Å². The number of aromatic amines is 1. The molecule has 3 aromatic carbocycles. The van der Waals surface area contributed by atoms with Crippen LogP contribution in [0.15, 0.2) is 73.1 Å². The van der Waals surface area contributed by atoms with E-state index < -0.39 is 0 Å². The lowest BCUT2D eigenvalue weighted by Gasteiger charge is -2.11. The summed E-state index contributed by atoms with van der Waals surface area (Å²) in [6, 6.07) is 20.7. The first kappa shape index (κ1) is 17.6. The van der Waals surface area contributed by atoms with Gasteiger partial charge in [-0.3, -0.25) is 5.10 Å². The SMILES string of the molecule is Cc1cccc(-n2nccc2-c2cc3c(cc2C)nnn3-c2ccc3cn[nH]c3c2)c1. The molecular formula is C24H19N7. The predicted molar refractivity (Wildman–Crippen MR) is 121 cm³/mol. The number of nitrogens with zero attached hydrogens (tertiary/aromatic N) is 6. The van der Waals surface area contributed by atoms with Crippen LogP contribution >= 0.6 is 0 Å². The fraction of sp³-hybridized carbons (Fsp3) is 0.0833. The Labute approximate surface area is 177 Å². The van der Waals surface area contributed by atoms with Crippen LogP contribution in [0.5, 0.6) is 0 Å². The van der Waals surface area contributed by atoms with E-state index in [-0.39, 0.29) is 0 Å². The number of fused-ring (bicyclic) bond motifs is 2. The number of hydrogen-bond donors (Lipinski definition) is 1. The van der Waals surface area contributed by atoms with Gasteiger partial charge >= 0.3 is 0 Å². The summed E-state index contributed by atoms with van der Waals surface area (Å²) in [5, 5.41) is 21.6. The van der Waals surface area contributed by atoms with Gasteiger partial charge in [-0.15, -0.1) is 5.10 Å². The van der Waals surface area contributed by atoms with E-state index >= 15 is 0 Å². The van der Waals surface area contributed by atoms with Crippen molar-refractivity contribution in [3.05, 3.63) is 84.2 Å². The van der Waals surface area contributed by atoms with E-state index in [0.29, 0.717) is 0 Å². The van der Waals surface area contributed by atoms with Crippen LogP contribution in [0.1, 0.15) is 11.1 Å². The van der Waals surface area contributed by atoms with Crippen LogP contribution < -0.4 is 0 Å². The van der Waals surface area contributed by atoms with Crippen LogP contribution in [0.2, 0.25) is 0 Å². The molecule has 0 amide bonds. The number of hydrogen-bond acceptors (Lipinski definition) is 4. The van der Waals surface area contributed by atoms with Crippen molar-refractivity contribution >= 4 is 21.9 Å². The molecule has 7 nitrogen and oxygen atoms in total. The highest BCUT2D eigenvalue weighted by molar-refractivity contribution is 5.86. The zero-order chi connectivity index (χ0) is 20.9. The molecule has 0 fully saturated rings. The number of nitrogens with one attached hydrogen (secondary N) is 1. The van der Waals surface area contributed by atoms with Gasteiger partial charge in [-0.2, -0.15) is 10.2 Å². The second kappa shape index (κ2) is 6.63. The predicted octanol–water partition coefficient (Wildman–Crippen LogP) is 4.77. The maximum Gasteiger partial charge on any atom is 0.113 e. The molecule has 7 heteroatoms. The third-order valence-electron chi connectivity index (χ3n) is 5.63. The summed E-state index contributed by atoms with van der Waals surface area (Å²) in [5.41, 5.74) is 9.17. The van der Waals surface area contributed by atoms with E-state index in [9.17, 15) is 0 Å². The topological polar surface area (TPSA) is 77.2 Å². The quantitative estimate of drug-likeness (QED) is 0.460. The van der Waals surface area contributed by atoms with Gasteiger partial charge in [0.25, 0.3) is 0 Å². The zero-order valence-corrected chi connectivity index (χ0v) is 17.1. The van der Waals surface area contributed by atoms with Gasteiger partial charge in [0.1, 0.15) is 5.52 Å². The summed E-state index contributed by atoms with van der Waals surface area (Å²) in [7, 11) is 0. The molecular weight excluding hydrogens is 386 g/mol. The lowest BCUT2D eigenvalue weighted by molar-refractivity contribution is 0.824. The van der Waals surface area contributed by atoms with Gasteiger partial charge in [-0.1, -0.05) is 17.3 Å². The Hall–Kier alpha value is -4.26. The molecule has 0 aliphatic carbocycles. The fourth-order valence-electron chi connectivity index (χ4n) is 4.07. The van der Waals surface area contributed by atoms with E-state index in [0.717, 1.165) is 50.1 Å². The molecule has 150 valence electrons. The number of rotatable bonds is 3. The van der Waals surface area contributed by atoms with Gasteiger partial charge in [-0.25, -0.2) is 9.36 Å². The largest absolute Gasteiger partial charge is 0.278 e. The highest BCUT2D eigenvalue weighted by Crippen LogP contribution is 2.30. The van der Waals surface area contributed by atoms with Crippen molar-refractivity contribution in [2.45, 2.75) is 13.8 Å². The molecule has 0 atom stereocenters. The van der Waals surface area contributed by atoms with Crippen molar-refractivity contribution < 1.29 is 0 Å². The summed E-state index contributed by atoms with van der Waals surface area (Å²) in [6.07, 6.45) is 3.65. The third-order valence-corrected chi connectivity index (χ3v) is 5.63. The van der Waals surface area contributed by atoms with Gasteiger partial charge < -0.3 is 0 Å². The molecule has 0 radical (unpaired) electrons. The van der Waals surface area contributed by atoms with Crippen molar-refractivity contribution in [1.29, 1.82) is 0 Å². The molecule has 0 unspecified atom stereocenters. The number of aryl methyl sites for hydroxylation is 2. The van der Waals surface area contributed by atoms with Crippen molar-refractivity contribution in [3.8, 4) is 22.6 Å². The normalized spacial score (nSPS) is 11.5. The molecule has 1 N–H and O–H groups in total. The maximum absolute atomic E-state index is 4.59. The Bertz CT molecular complexity index is 1570. The average molecular weight is 405 g/mol. The first-order valence-corrected chi connectivity index (χ1v) is 10.1. The Balaban J connectivity index is 1.54. The number of benzene rings is 3. The number of aromatic nitrogens is 7. The van der Waals surface area contributed by atoms with Crippen LogP contribution in [0.3, 0.4) is 0 Å². The second-order valence-corrected chi connectivity index (χ2v) is 7.77. The van der Waals surface area contributed by atoms with Crippen LogP contribution in [-0.2, 0) is 0 Å². The molecule has 0 bridgehead atoms.